The van der Waals surface area contributed by atoms with Crippen molar-refractivity contribution in [3.63, 3.8) is 0 Å². The van der Waals surface area contributed by atoms with Gasteiger partial charge in [0.05, 0.1) is 6.10 Å². The van der Waals surface area contributed by atoms with Gasteiger partial charge in [-0.05, 0) is 72.0 Å². The quantitative estimate of drug-likeness (QED) is 0.178. The lowest BCUT2D eigenvalue weighted by molar-refractivity contribution is -0.147. The van der Waals surface area contributed by atoms with Gasteiger partial charge in [-0.3, -0.25) is 4.79 Å². The molecule has 0 unspecified atom stereocenters. The number of hydrogen-bond acceptors (Lipinski definition) is 3. The highest BCUT2D eigenvalue weighted by atomic mass is 16.5. The third-order valence-electron chi connectivity index (χ3n) is 8.11. The highest BCUT2D eigenvalue weighted by Crippen LogP contribution is 2.41. The summed E-state index contributed by atoms with van der Waals surface area (Å²) in [5.41, 5.74) is 8.79. The Hall–Kier alpha value is -3.79. The van der Waals surface area contributed by atoms with Gasteiger partial charge in [-0.2, -0.15) is 0 Å². The van der Waals surface area contributed by atoms with Crippen LogP contribution in [0.25, 0.3) is 0 Å². The number of aliphatic hydroxyl groups is 1. The maximum Gasteiger partial charge on any atom is 0.302 e. The van der Waals surface area contributed by atoms with E-state index in [0.29, 0.717) is 6.42 Å². The molecule has 0 fully saturated rings. The van der Waals surface area contributed by atoms with Crippen molar-refractivity contribution in [1.29, 1.82) is 0 Å². The molecule has 3 heteroatoms. The standard InChI is InChI=1S/C42H54O3/c1-30(18-14-20-32(3)22-24-39-34(5)26-37(44)28-41(39,8)9)16-12-13-17-31(2)19-15-21-33(4)23-25-40-35(6)27-38(45-36(7)43)29-42(40,10)11/h12-21,37-38,44H,26-29H2,1-11H3/b13-12+,18-14+,19-15+,30-16+,31-17+,32-20+,33-21+/t37-,38-/m1/s1. The third kappa shape index (κ3) is 13.0. The molecular formula is C42H54O3. The van der Waals surface area contributed by atoms with Gasteiger partial charge in [0.15, 0.2) is 0 Å². The number of ether oxygens (including phenoxy) is 1. The van der Waals surface area contributed by atoms with E-state index in [-0.39, 0.29) is 29.0 Å². The van der Waals surface area contributed by atoms with Crippen LogP contribution in [0.4, 0.5) is 0 Å². The van der Waals surface area contributed by atoms with Gasteiger partial charge in [0.2, 0.25) is 0 Å². The zero-order valence-electron chi connectivity index (χ0n) is 29.5. The van der Waals surface area contributed by atoms with E-state index >= 15 is 0 Å². The number of aliphatic hydroxyl groups excluding tert-OH is 1. The van der Waals surface area contributed by atoms with Gasteiger partial charge in [0.25, 0.3) is 0 Å². The molecule has 0 aromatic rings. The van der Waals surface area contributed by atoms with E-state index in [0.717, 1.165) is 52.7 Å². The molecule has 0 heterocycles. The van der Waals surface area contributed by atoms with Gasteiger partial charge >= 0.3 is 5.97 Å². The highest BCUT2D eigenvalue weighted by molar-refractivity contribution is 5.66. The fourth-order valence-electron chi connectivity index (χ4n) is 6.05. The van der Waals surface area contributed by atoms with Gasteiger partial charge < -0.3 is 9.84 Å². The van der Waals surface area contributed by atoms with Crippen molar-refractivity contribution in [1.82, 2.24) is 0 Å². The molecule has 0 aromatic carbocycles. The molecule has 2 aliphatic rings. The molecule has 2 rings (SSSR count). The van der Waals surface area contributed by atoms with Crippen LogP contribution >= 0.6 is 0 Å². The van der Waals surface area contributed by atoms with Crippen molar-refractivity contribution in [2.24, 2.45) is 10.8 Å². The van der Waals surface area contributed by atoms with Crippen molar-refractivity contribution < 1.29 is 14.6 Å². The minimum atomic E-state index is -0.267. The summed E-state index contributed by atoms with van der Waals surface area (Å²) in [5, 5.41) is 10.1. The van der Waals surface area contributed by atoms with Crippen molar-refractivity contribution in [3.8, 4) is 23.7 Å². The van der Waals surface area contributed by atoms with Crippen LogP contribution in [-0.2, 0) is 9.53 Å². The Kier molecular flexibility index (Phi) is 14.2. The Morgan fingerprint density at radius 2 is 1.16 bits per heavy atom. The summed E-state index contributed by atoms with van der Waals surface area (Å²) in [7, 11) is 0. The van der Waals surface area contributed by atoms with Crippen LogP contribution in [0.15, 0.2) is 105 Å². The Morgan fingerprint density at radius 1 is 0.711 bits per heavy atom. The van der Waals surface area contributed by atoms with Crippen molar-refractivity contribution >= 4 is 5.97 Å². The van der Waals surface area contributed by atoms with Crippen LogP contribution in [0, 0.1) is 34.5 Å². The van der Waals surface area contributed by atoms with E-state index in [9.17, 15) is 9.90 Å². The molecule has 3 nitrogen and oxygen atoms in total. The van der Waals surface area contributed by atoms with Crippen LogP contribution in [-0.4, -0.2) is 23.3 Å². The van der Waals surface area contributed by atoms with E-state index in [1.807, 2.05) is 50.3 Å². The van der Waals surface area contributed by atoms with E-state index in [1.54, 1.807) is 0 Å². The molecule has 0 radical (unpaired) electrons. The fourth-order valence-corrected chi connectivity index (χ4v) is 6.05. The van der Waals surface area contributed by atoms with Crippen LogP contribution in [0.1, 0.15) is 102 Å². The lowest BCUT2D eigenvalue weighted by atomic mass is 9.72. The van der Waals surface area contributed by atoms with Gasteiger partial charge in [0.1, 0.15) is 6.10 Å². The second-order valence-electron chi connectivity index (χ2n) is 13.9. The minimum Gasteiger partial charge on any atom is -0.462 e. The van der Waals surface area contributed by atoms with Gasteiger partial charge in [0, 0.05) is 35.3 Å². The Labute approximate surface area is 274 Å². The zero-order chi connectivity index (χ0) is 33.8. The van der Waals surface area contributed by atoms with Crippen LogP contribution in [0.5, 0.6) is 0 Å². The van der Waals surface area contributed by atoms with E-state index < -0.39 is 0 Å². The number of esters is 1. The normalized spacial score (nSPS) is 22.9. The minimum absolute atomic E-state index is 0.0705. The molecule has 2 atom stereocenters. The SMILES string of the molecule is CC(=O)O[C@@H]1CC(C)=C(C#C/C(C)=C/C=C/C(C)=C/C=C/C=C(C)/C=C/C=C(\C)C#CC2=C(C)C[C@@H](O)CC2(C)C)C(C)(C)C1. The predicted molar refractivity (Wildman–Crippen MR) is 191 cm³/mol. The van der Waals surface area contributed by atoms with E-state index in [1.165, 1.54) is 18.1 Å². The Balaban J connectivity index is 1.95. The van der Waals surface area contributed by atoms with Crippen LogP contribution in [0.2, 0.25) is 0 Å². The summed E-state index contributed by atoms with van der Waals surface area (Å²) in [4.78, 5) is 11.4. The monoisotopic (exact) mass is 606 g/mol. The van der Waals surface area contributed by atoms with Crippen molar-refractivity contribution in [3.05, 3.63) is 105 Å². The number of carbonyl (C=O) groups is 1. The summed E-state index contributed by atoms with van der Waals surface area (Å²) >= 11 is 0. The molecule has 0 saturated heterocycles. The maximum atomic E-state index is 11.4. The zero-order valence-corrected chi connectivity index (χ0v) is 29.5. The average molecular weight is 607 g/mol. The number of allylic oxidation sites excluding steroid dienone is 16. The third-order valence-corrected chi connectivity index (χ3v) is 8.11. The first-order chi connectivity index (χ1) is 21.0. The largest absolute Gasteiger partial charge is 0.462 e. The molecule has 0 bridgehead atoms. The molecule has 0 aliphatic heterocycles. The summed E-state index contributed by atoms with van der Waals surface area (Å²) in [6.45, 7) is 22.5. The van der Waals surface area contributed by atoms with Crippen LogP contribution in [0.3, 0.4) is 0 Å². The average Bonchev–Trinajstić information content (AvgIpc) is 2.88. The molecule has 0 spiro atoms. The van der Waals surface area contributed by atoms with E-state index in [2.05, 4.69) is 103 Å². The first-order valence-corrected chi connectivity index (χ1v) is 16.0. The first-order valence-electron chi connectivity index (χ1n) is 16.0. The summed E-state index contributed by atoms with van der Waals surface area (Å²) in [5.74, 6) is 13.2. The highest BCUT2D eigenvalue weighted by Gasteiger charge is 2.34. The number of carbonyl (C=O) groups excluding carboxylic acids is 1. The molecule has 0 amide bonds. The summed E-state index contributed by atoms with van der Waals surface area (Å²) < 4.78 is 5.48. The number of hydrogen-bond donors (Lipinski definition) is 1. The maximum absolute atomic E-state index is 11.4. The van der Waals surface area contributed by atoms with E-state index in [4.69, 9.17) is 4.74 Å². The summed E-state index contributed by atoms with van der Waals surface area (Å²) in [6.07, 6.45) is 23.2. The molecule has 45 heavy (non-hydrogen) atoms. The Bertz CT molecular complexity index is 1510. The molecular weight excluding hydrogens is 552 g/mol. The van der Waals surface area contributed by atoms with Crippen molar-refractivity contribution in [2.45, 2.75) is 114 Å². The topological polar surface area (TPSA) is 46.5 Å². The molecule has 240 valence electrons. The fraction of sp³-hybridized carbons (Fsp3) is 0.452. The second kappa shape index (κ2) is 17.1. The van der Waals surface area contributed by atoms with Crippen molar-refractivity contribution in [2.75, 3.05) is 0 Å². The summed E-state index contributed by atoms with van der Waals surface area (Å²) in [6, 6.07) is 0. The molecule has 0 saturated carbocycles. The first kappa shape index (κ1) is 37.4. The van der Waals surface area contributed by atoms with Gasteiger partial charge in [-0.15, -0.1) is 0 Å². The molecule has 0 aromatic heterocycles. The Morgan fingerprint density at radius 3 is 1.58 bits per heavy atom. The molecule has 2 aliphatic carbocycles. The lowest BCUT2D eigenvalue weighted by Gasteiger charge is -2.36. The smallest absolute Gasteiger partial charge is 0.302 e. The lowest BCUT2D eigenvalue weighted by Crippen LogP contribution is -2.31. The molecule has 1 N–H and O–H groups in total. The van der Waals surface area contributed by atoms with Crippen LogP contribution < -0.4 is 0 Å². The van der Waals surface area contributed by atoms with Gasteiger partial charge in [-0.25, -0.2) is 0 Å². The number of rotatable bonds is 7. The predicted octanol–water partition coefficient (Wildman–Crippen LogP) is 10.0. The van der Waals surface area contributed by atoms with Gasteiger partial charge in [-0.1, -0.05) is 134 Å². The second-order valence-corrected chi connectivity index (χ2v) is 13.9.